The SMILES string of the molecule is COc1cc(/C=C2\N=C(c3ccccc3)OC2=O)ccc1OCC(=O)c1ccccc1. The molecule has 6 heteroatoms. The Morgan fingerprint density at radius 1 is 0.968 bits per heavy atom. The van der Waals surface area contributed by atoms with Gasteiger partial charge in [0.2, 0.25) is 5.90 Å². The predicted molar refractivity (Wildman–Crippen MR) is 116 cm³/mol. The molecule has 6 nitrogen and oxygen atoms in total. The summed E-state index contributed by atoms with van der Waals surface area (Å²) in [7, 11) is 1.51. The van der Waals surface area contributed by atoms with Crippen LogP contribution in [0.25, 0.3) is 6.08 Å². The Hall–Kier alpha value is -4.19. The Labute approximate surface area is 179 Å². The number of ether oxygens (including phenoxy) is 3. The summed E-state index contributed by atoms with van der Waals surface area (Å²) in [4.78, 5) is 28.7. The summed E-state index contributed by atoms with van der Waals surface area (Å²) in [6, 6.07) is 23.3. The van der Waals surface area contributed by atoms with Crippen LogP contribution in [0.2, 0.25) is 0 Å². The van der Waals surface area contributed by atoms with Gasteiger partial charge in [-0.2, -0.15) is 0 Å². The number of benzene rings is 3. The van der Waals surface area contributed by atoms with Gasteiger partial charge in [-0.1, -0.05) is 54.6 Å². The molecule has 154 valence electrons. The molecular weight excluding hydrogens is 394 g/mol. The summed E-state index contributed by atoms with van der Waals surface area (Å²) in [5.41, 5.74) is 2.18. The monoisotopic (exact) mass is 413 g/mol. The topological polar surface area (TPSA) is 74.2 Å². The van der Waals surface area contributed by atoms with Crippen molar-refractivity contribution in [1.29, 1.82) is 0 Å². The molecule has 0 atom stereocenters. The van der Waals surface area contributed by atoms with E-state index >= 15 is 0 Å². The molecule has 0 radical (unpaired) electrons. The van der Waals surface area contributed by atoms with Gasteiger partial charge in [-0.3, -0.25) is 4.79 Å². The van der Waals surface area contributed by atoms with Crippen molar-refractivity contribution in [2.45, 2.75) is 0 Å². The van der Waals surface area contributed by atoms with Gasteiger partial charge in [-0.25, -0.2) is 9.79 Å². The Morgan fingerprint density at radius 2 is 1.68 bits per heavy atom. The van der Waals surface area contributed by atoms with Crippen molar-refractivity contribution in [3.8, 4) is 11.5 Å². The van der Waals surface area contributed by atoms with Gasteiger partial charge in [0, 0.05) is 11.1 Å². The van der Waals surface area contributed by atoms with Gasteiger partial charge in [0.05, 0.1) is 7.11 Å². The number of carbonyl (C=O) groups excluding carboxylic acids is 2. The van der Waals surface area contributed by atoms with Crippen LogP contribution in [0.5, 0.6) is 11.5 Å². The van der Waals surface area contributed by atoms with Crippen LogP contribution < -0.4 is 9.47 Å². The lowest BCUT2D eigenvalue weighted by molar-refractivity contribution is -0.129. The number of aliphatic imine (C=N–C) groups is 1. The summed E-state index contributed by atoms with van der Waals surface area (Å²) in [6.07, 6.45) is 1.61. The third kappa shape index (κ3) is 4.70. The second-order valence-corrected chi connectivity index (χ2v) is 6.69. The number of nitrogens with zero attached hydrogens (tertiary/aromatic N) is 1. The van der Waals surface area contributed by atoms with Gasteiger partial charge in [0.15, 0.2) is 29.6 Å². The summed E-state index contributed by atoms with van der Waals surface area (Å²) in [6.45, 7) is -0.113. The average Bonchev–Trinajstić information content (AvgIpc) is 3.19. The van der Waals surface area contributed by atoms with Gasteiger partial charge in [0.25, 0.3) is 0 Å². The van der Waals surface area contributed by atoms with Crippen LogP contribution in [-0.4, -0.2) is 31.4 Å². The normalized spacial score (nSPS) is 14.2. The number of methoxy groups -OCH3 is 1. The number of ketones is 1. The van der Waals surface area contributed by atoms with Crippen molar-refractivity contribution < 1.29 is 23.8 Å². The van der Waals surface area contributed by atoms with Crippen LogP contribution in [-0.2, 0) is 9.53 Å². The third-order valence-corrected chi connectivity index (χ3v) is 4.59. The number of esters is 1. The highest BCUT2D eigenvalue weighted by atomic mass is 16.6. The summed E-state index contributed by atoms with van der Waals surface area (Å²) in [5, 5.41) is 0. The number of rotatable bonds is 7. The zero-order valence-corrected chi connectivity index (χ0v) is 16.8. The third-order valence-electron chi connectivity index (χ3n) is 4.59. The molecule has 1 aliphatic heterocycles. The van der Waals surface area contributed by atoms with Crippen molar-refractivity contribution in [1.82, 2.24) is 0 Å². The highest BCUT2D eigenvalue weighted by molar-refractivity contribution is 6.12. The van der Waals surface area contributed by atoms with Crippen LogP contribution in [0.15, 0.2) is 89.6 Å². The standard InChI is InChI=1S/C25H19NO5/c1-29-23-15-17(12-13-22(23)30-16-21(27)18-8-4-2-5-9-18)14-20-25(28)31-24(26-20)19-10-6-3-7-11-19/h2-15H,16H2,1H3/b20-14-. The average molecular weight is 413 g/mol. The lowest BCUT2D eigenvalue weighted by atomic mass is 10.1. The van der Waals surface area contributed by atoms with E-state index in [1.54, 1.807) is 48.5 Å². The molecule has 1 aliphatic rings. The molecular formula is C25H19NO5. The van der Waals surface area contributed by atoms with Gasteiger partial charge in [-0.15, -0.1) is 0 Å². The van der Waals surface area contributed by atoms with E-state index in [4.69, 9.17) is 14.2 Å². The first kappa shape index (κ1) is 20.1. The molecule has 0 amide bonds. The fraction of sp³-hybridized carbons (Fsp3) is 0.0800. The molecule has 0 fully saturated rings. The van der Waals surface area contributed by atoms with Crippen LogP contribution in [0, 0.1) is 0 Å². The molecule has 0 bridgehead atoms. The lowest BCUT2D eigenvalue weighted by Gasteiger charge is -2.11. The van der Waals surface area contributed by atoms with Gasteiger partial charge < -0.3 is 14.2 Å². The second-order valence-electron chi connectivity index (χ2n) is 6.69. The van der Waals surface area contributed by atoms with Crippen molar-refractivity contribution >= 4 is 23.7 Å². The van der Waals surface area contributed by atoms with E-state index < -0.39 is 5.97 Å². The molecule has 1 heterocycles. The van der Waals surface area contributed by atoms with E-state index in [0.29, 0.717) is 22.6 Å². The Morgan fingerprint density at radius 3 is 2.39 bits per heavy atom. The highest BCUT2D eigenvalue weighted by Gasteiger charge is 2.24. The maximum atomic E-state index is 12.3. The minimum absolute atomic E-state index is 0.113. The number of hydrogen-bond donors (Lipinski definition) is 0. The van der Waals surface area contributed by atoms with Gasteiger partial charge >= 0.3 is 5.97 Å². The molecule has 0 aliphatic carbocycles. The summed E-state index contributed by atoms with van der Waals surface area (Å²) < 4.78 is 16.3. The maximum Gasteiger partial charge on any atom is 0.363 e. The minimum atomic E-state index is -0.522. The molecule has 3 aromatic carbocycles. The van der Waals surface area contributed by atoms with E-state index in [1.165, 1.54) is 7.11 Å². The summed E-state index contributed by atoms with van der Waals surface area (Å²) in [5.74, 6) is 0.477. The Balaban J connectivity index is 1.51. The number of cyclic esters (lactones) is 1. The van der Waals surface area contributed by atoms with Crippen LogP contribution in [0.4, 0.5) is 0 Å². The highest BCUT2D eigenvalue weighted by Crippen LogP contribution is 2.30. The number of Topliss-reactive ketones (excluding diaryl/α,β-unsaturated/α-hetero) is 1. The zero-order valence-electron chi connectivity index (χ0n) is 16.8. The van der Waals surface area contributed by atoms with E-state index in [9.17, 15) is 9.59 Å². The smallest absolute Gasteiger partial charge is 0.363 e. The van der Waals surface area contributed by atoms with Crippen LogP contribution in [0.1, 0.15) is 21.5 Å². The summed E-state index contributed by atoms with van der Waals surface area (Å²) >= 11 is 0. The Bertz CT molecular complexity index is 1170. The molecule has 3 aromatic rings. The molecule has 0 aromatic heterocycles. The zero-order chi connectivity index (χ0) is 21.6. The first-order valence-corrected chi connectivity index (χ1v) is 9.61. The van der Waals surface area contributed by atoms with Crippen molar-refractivity contribution in [3.05, 3.63) is 101 Å². The quantitative estimate of drug-likeness (QED) is 0.328. The maximum absolute atomic E-state index is 12.3. The molecule has 0 spiro atoms. The van der Waals surface area contributed by atoms with Gasteiger partial charge in [0.1, 0.15) is 0 Å². The molecule has 0 saturated carbocycles. The van der Waals surface area contributed by atoms with E-state index in [-0.39, 0.29) is 24.0 Å². The van der Waals surface area contributed by atoms with Crippen molar-refractivity contribution in [2.75, 3.05) is 13.7 Å². The molecule has 31 heavy (non-hydrogen) atoms. The first-order valence-electron chi connectivity index (χ1n) is 9.61. The van der Waals surface area contributed by atoms with Crippen LogP contribution in [0.3, 0.4) is 0 Å². The fourth-order valence-electron chi connectivity index (χ4n) is 3.02. The number of carbonyl (C=O) groups is 2. The van der Waals surface area contributed by atoms with Crippen LogP contribution >= 0.6 is 0 Å². The molecule has 0 unspecified atom stereocenters. The van der Waals surface area contributed by atoms with Gasteiger partial charge in [-0.05, 0) is 35.9 Å². The van der Waals surface area contributed by atoms with E-state index in [1.807, 2.05) is 36.4 Å². The van der Waals surface area contributed by atoms with E-state index in [2.05, 4.69) is 4.99 Å². The fourth-order valence-corrected chi connectivity index (χ4v) is 3.02. The Kier molecular flexibility index (Phi) is 5.89. The second kappa shape index (κ2) is 9.09. The van der Waals surface area contributed by atoms with Crippen molar-refractivity contribution in [3.63, 3.8) is 0 Å². The molecule has 0 N–H and O–H groups in total. The molecule has 4 rings (SSSR count). The lowest BCUT2D eigenvalue weighted by Crippen LogP contribution is -2.11. The first-order chi connectivity index (χ1) is 15.1. The van der Waals surface area contributed by atoms with E-state index in [0.717, 1.165) is 5.56 Å². The predicted octanol–water partition coefficient (Wildman–Crippen LogP) is 4.30. The number of hydrogen-bond acceptors (Lipinski definition) is 6. The molecule has 0 saturated heterocycles. The van der Waals surface area contributed by atoms with Crippen molar-refractivity contribution in [2.24, 2.45) is 4.99 Å². The minimum Gasteiger partial charge on any atom is -0.493 e. The largest absolute Gasteiger partial charge is 0.493 e.